The van der Waals surface area contributed by atoms with Gasteiger partial charge in [-0.15, -0.1) is 0 Å². The molecule has 0 spiro atoms. The molecular formula is C31H36N4O4. The fourth-order valence-electron chi connectivity index (χ4n) is 5.68. The minimum Gasteiger partial charge on any atom is -0.497 e. The van der Waals surface area contributed by atoms with Gasteiger partial charge in [0.2, 0.25) is 0 Å². The lowest BCUT2D eigenvalue weighted by Gasteiger charge is -2.34. The summed E-state index contributed by atoms with van der Waals surface area (Å²) in [6.45, 7) is 3.19. The average molecular weight is 529 g/mol. The smallest absolute Gasteiger partial charge is 0.404 e. The summed E-state index contributed by atoms with van der Waals surface area (Å²) < 4.78 is 5.27. The van der Waals surface area contributed by atoms with Crippen molar-refractivity contribution in [2.75, 3.05) is 24.3 Å². The molecule has 1 fully saturated rings. The van der Waals surface area contributed by atoms with Gasteiger partial charge in [0, 0.05) is 30.5 Å². The Bertz CT molecular complexity index is 1340. The van der Waals surface area contributed by atoms with Crippen LogP contribution in [0.3, 0.4) is 0 Å². The SMILES string of the molecule is COc1ccc(CN2CCc3cc(N[C@@H]4CCCC[C@@H]4NC(=O)O)cc(Nc4cccc(C)c4)c3C2=O)cc1. The van der Waals surface area contributed by atoms with E-state index in [-0.39, 0.29) is 18.0 Å². The molecule has 39 heavy (non-hydrogen) atoms. The summed E-state index contributed by atoms with van der Waals surface area (Å²) in [6.07, 6.45) is 3.49. The maximum absolute atomic E-state index is 13.9. The molecule has 0 bridgehead atoms. The number of carbonyl (C=O) groups excluding carboxylic acids is 1. The number of nitrogens with one attached hydrogen (secondary N) is 3. The second-order valence-electron chi connectivity index (χ2n) is 10.5. The second kappa shape index (κ2) is 11.7. The number of amides is 2. The minimum absolute atomic E-state index is 0.00291. The quantitative estimate of drug-likeness (QED) is 0.289. The van der Waals surface area contributed by atoms with Crippen molar-refractivity contribution < 1.29 is 19.4 Å². The molecule has 2 amide bonds. The van der Waals surface area contributed by atoms with Crippen molar-refractivity contribution in [3.05, 3.63) is 82.9 Å². The van der Waals surface area contributed by atoms with Crippen molar-refractivity contribution in [1.82, 2.24) is 10.2 Å². The standard InChI is InChI=1S/C31H36N4O4/c1-20-6-5-7-23(16-20)32-28-18-24(33-26-8-3-4-9-27(26)34-31(37)38)17-22-14-15-35(30(36)29(22)28)19-21-10-12-25(39-2)13-11-21/h5-7,10-13,16-18,26-27,32-34H,3-4,8-9,14-15,19H2,1-2H3,(H,37,38)/t26-,27+/m1/s1. The number of aryl methyl sites for hydroxylation is 1. The normalized spacial score (nSPS) is 18.7. The molecule has 0 saturated heterocycles. The number of methoxy groups -OCH3 is 1. The van der Waals surface area contributed by atoms with E-state index in [2.05, 4.69) is 28.1 Å². The third-order valence-electron chi connectivity index (χ3n) is 7.63. The Morgan fingerprint density at radius 2 is 1.79 bits per heavy atom. The van der Waals surface area contributed by atoms with E-state index in [9.17, 15) is 14.7 Å². The van der Waals surface area contributed by atoms with E-state index in [1.54, 1.807) is 7.11 Å². The van der Waals surface area contributed by atoms with E-state index in [1.807, 2.05) is 60.4 Å². The van der Waals surface area contributed by atoms with Crippen LogP contribution in [0, 0.1) is 6.92 Å². The van der Waals surface area contributed by atoms with Gasteiger partial charge in [0.25, 0.3) is 5.91 Å². The summed E-state index contributed by atoms with van der Waals surface area (Å²) >= 11 is 0. The molecule has 0 unspecified atom stereocenters. The number of nitrogens with zero attached hydrogens (tertiary/aromatic N) is 1. The first kappa shape index (κ1) is 26.4. The van der Waals surface area contributed by atoms with Crippen molar-refractivity contribution in [1.29, 1.82) is 0 Å². The molecule has 2 atom stereocenters. The van der Waals surface area contributed by atoms with Crippen LogP contribution in [-0.2, 0) is 13.0 Å². The van der Waals surface area contributed by atoms with Crippen LogP contribution in [0.15, 0.2) is 60.7 Å². The van der Waals surface area contributed by atoms with Crippen LogP contribution in [0.2, 0.25) is 0 Å². The second-order valence-corrected chi connectivity index (χ2v) is 10.5. The summed E-state index contributed by atoms with van der Waals surface area (Å²) in [4.78, 5) is 27.1. The van der Waals surface area contributed by atoms with E-state index in [4.69, 9.17) is 4.74 Å². The third-order valence-corrected chi connectivity index (χ3v) is 7.63. The number of carbonyl (C=O) groups is 2. The van der Waals surface area contributed by atoms with Crippen LogP contribution < -0.4 is 20.7 Å². The Hall–Kier alpha value is -4.20. The number of hydrogen-bond acceptors (Lipinski definition) is 5. The first-order valence-corrected chi connectivity index (χ1v) is 13.6. The maximum Gasteiger partial charge on any atom is 0.404 e. The minimum atomic E-state index is -0.997. The Balaban J connectivity index is 1.45. The molecule has 1 aliphatic carbocycles. The molecule has 1 aliphatic heterocycles. The number of ether oxygens (including phenoxy) is 1. The summed E-state index contributed by atoms with van der Waals surface area (Å²) in [5.41, 5.74) is 6.41. The molecule has 8 heteroatoms. The number of hydrogen-bond donors (Lipinski definition) is 4. The molecule has 5 rings (SSSR count). The molecule has 3 aromatic carbocycles. The van der Waals surface area contributed by atoms with E-state index in [0.717, 1.165) is 71.6 Å². The molecule has 8 nitrogen and oxygen atoms in total. The highest BCUT2D eigenvalue weighted by Gasteiger charge is 2.30. The fourth-order valence-corrected chi connectivity index (χ4v) is 5.68. The van der Waals surface area contributed by atoms with Gasteiger partial charge in [0.15, 0.2) is 0 Å². The van der Waals surface area contributed by atoms with Gasteiger partial charge in [-0.3, -0.25) is 4.79 Å². The van der Waals surface area contributed by atoms with Gasteiger partial charge >= 0.3 is 6.09 Å². The molecule has 3 aromatic rings. The van der Waals surface area contributed by atoms with Gasteiger partial charge in [0.1, 0.15) is 5.75 Å². The van der Waals surface area contributed by atoms with Crippen LogP contribution in [0.1, 0.15) is 52.7 Å². The topological polar surface area (TPSA) is 103 Å². The largest absolute Gasteiger partial charge is 0.497 e. The molecule has 1 saturated carbocycles. The summed E-state index contributed by atoms with van der Waals surface area (Å²) in [5.74, 6) is 0.786. The zero-order valence-electron chi connectivity index (χ0n) is 22.5. The number of carboxylic acid groups (broad SMARTS) is 1. The summed E-state index contributed by atoms with van der Waals surface area (Å²) in [5, 5.41) is 19.1. The van der Waals surface area contributed by atoms with Gasteiger partial charge in [0.05, 0.1) is 24.4 Å². The predicted octanol–water partition coefficient (Wildman–Crippen LogP) is 5.94. The molecule has 4 N–H and O–H groups in total. The van der Waals surface area contributed by atoms with Gasteiger partial charge in [-0.25, -0.2) is 4.79 Å². The Morgan fingerprint density at radius 3 is 2.51 bits per heavy atom. The third kappa shape index (κ3) is 6.28. The molecule has 1 heterocycles. The van der Waals surface area contributed by atoms with Gasteiger partial charge in [-0.1, -0.05) is 37.1 Å². The lowest BCUT2D eigenvalue weighted by Crippen LogP contribution is -2.48. The Kier molecular flexibility index (Phi) is 7.91. The Morgan fingerprint density at radius 1 is 1.03 bits per heavy atom. The van der Waals surface area contributed by atoms with Gasteiger partial charge in [-0.2, -0.15) is 0 Å². The first-order valence-electron chi connectivity index (χ1n) is 13.6. The van der Waals surface area contributed by atoms with Crippen molar-refractivity contribution in [2.24, 2.45) is 0 Å². The number of anilines is 3. The average Bonchev–Trinajstić information content (AvgIpc) is 2.91. The van der Waals surface area contributed by atoms with E-state index in [1.165, 1.54) is 0 Å². The van der Waals surface area contributed by atoms with Gasteiger partial charge in [-0.05, 0) is 79.3 Å². The summed E-state index contributed by atoms with van der Waals surface area (Å²) in [7, 11) is 1.64. The van der Waals surface area contributed by atoms with Crippen LogP contribution in [0.5, 0.6) is 5.75 Å². The van der Waals surface area contributed by atoms with Crippen molar-refractivity contribution in [2.45, 2.75) is 57.7 Å². The highest BCUT2D eigenvalue weighted by Crippen LogP contribution is 2.34. The van der Waals surface area contributed by atoms with E-state index < -0.39 is 6.09 Å². The fraction of sp³-hybridized carbons (Fsp3) is 0.355. The van der Waals surface area contributed by atoms with Crippen molar-refractivity contribution in [3.63, 3.8) is 0 Å². The van der Waals surface area contributed by atoms with E-state index >= 15 is 0 Å². The van der Waals surface area contributed by atoms with Crippen LogP contribution in [0.4, 0.5) is 21.9 Å². The first-order chi connectivity index (χ1) is 18.9. The maximum atomic E-state index is 13.9. The predicted molar refractivity (Wildman–Crippen MR) is 153 cm³/mol. The molecule has 2 aliphatic rings. The zero-order chi connectivity index (χ0) is 27.4. The highest BCUT2D eigenvalue weighted by molar-refractivity contribution is 6.03. The number of fused-ring (bicyclic) bond motifs is 1. The summed E-state index contributed by atoms with van der Waals surface area (Å²) in [6, 6.07) is 19.8. The van der Waals surface area contributed by atoms with Crippen molar-refractivity contribution in [3.8, 4) is 5.75 Å². The lowest BCUT2D eigenvalue weighted by atomic mass is 9.89. The molecule has 204 valence electrons. The van der Waals surface area contributed by atoms with Crippen LogP contribution in [-0.4, -0.2) is 47.7 Å². The van der Waals surface area contributed by atoms with Gasteiger partial charge < -0.3 is 30.7 Å². The Labute approximate surface area is 229 Å². The number of benzene rings is 3. The zero-order valence-corrected chi connectivity index (χ0v) is 22.5. The number of rotatable bonds is 8. The highest BCUT2D eigenvalue weighted by atomic mass is 16.5. The van der Waals surface area contributed by atoms with Crippen LogP contribution in [0.25, 0.3) is 0 Å². The molecular weight excluding hydrogens is 492 g/mol. The molecule has 0 aromatic heterocycles. The lowest BCUT2D eigenvalue weighted by molar-refractivity contribution is 0.0728. The van der Waals surface area contributed by atoms with Crippen LogP contribution >= 0.6 is 0 Å². The van der Waals surface area contributed by atoms with Crippen molar-refractivity contribution >= 4 is 29.1 Å². The molecule has 0 radical (unpaired) electrons. The monoisotopic (exact) mass is 528 g/mol. The van der Waals surface area contributed by atoms with E-state index in [0.29, 0.717) is 18.7 Å².